The van der Waals surface area contributed by atoms with Crippen molar-refractivity contribution in [2.75, 3.05) is 0 Å². The van der Waals surface area contributed by atoms with Gasteiger partial charge in [0, 0.05) is 0 Å². The second-order valence-electron chi connectivity index (χ2n) is 6.71. The first kappa shape index (κ1) is 19.8. The molecule has 1 aromatic carbocycles. The normalized spacial score (nSPS) is 17.9. The topological polar surface area (TPSA) is 111 Å². The first-order valence-electron chi connectivity index (χ1n) is 8.70. The van der Waals surface area contributed by atoms with Gasteiger partial charge in [0.2, 0.25) is 5.91 Å². The van der Waals surface area contributed by atoms with Gasteiger partial charge in [-0.25, -0.2) is 0 Å². The van der Waals surface area contributed by atoms with Crippen molar-refractivity contribution in [1.29, 1.82) is 0 Å². The summed E-state index contributed by atoms with van der Waals surface area (Å²) in [4.78, 5) is 38.6. The summed E-state index contributed by atoms with van der Waals surface area (Å²) in [5.74, 6) is -2.17. The Morgan fingerprint density at radius 1 is 1.21 bits per heavy atom. The number of benzene rings is 1. The summed E-state index contributed by atoms with van der Waals surface area (Å²) in [5.41, 5.74) is 2.78. The third-order valence-corrected chi connectivity index (χ3v) is 6.73. The molecule has 2 aromatic heterocycles. The number of hydrogen-bond donors (Lipinski definition) is 4. The predicted octanol–water partition coefficient (Wildman–Crippen LogP) is 3.52. The predicted molar refractivity (Wildman–Crippen MR) is 111 cm³/mol. The lowest BCUT2D eigenvalue weighted by Gasteiger charge is -2.22. The number of aliphatic carboxylic acids is 1. The van der Waals surface area contributed by atoms with Gasteiger partial charge in [-0.05, 0) is 23.6 Å². The zero-order valence-electron chi connectivity index (χ0n) is 14.8. The molecule has 4 N–H and O–H groups in total. The van der Waals surface area contributed by atoms with Gasteiger partial charge in [0.25, 0.3) is 5.91 Å². The number of rotatable bonds is 5. The molecular formula is C19H15Cl2N3O4S. The molecule has 0 fully saturated rings. The molecule has 0 unspecified atom stereocenters. The molecule has 4 rings (SSSR count). The van der Waals surface area contributed by atoms with Crippen LogP contribution in [0.25, 0.3) is 10.2 Å². The number of carboxylic acid groups (broad SMARTS) is 1. The van der Waals surface area contributed by atoms with Crippen LogP contribution in [-0.2, 0) is 16.0 Å². The smallest absolute Gasteiger partial charge is 0.312 e. The molecule has 2 atom stereocenters. The highest BCUT2D eigenvalue weighted by Gasteiger charge is 2.35. The Bertz CT molecular complexity index is 1140. The minimum atomic E-state index is -1.21. The minimum absolute atomic E-state index is 0.330. The maximum Gasteiger partial charge on any atom is 0.312 e. The van der Waals surface area contributed by atoms with Gasteiger partial charge in [-0.2, -0.15) is 0 Å². The van der Waals surface area contributed by atoms with E-state index in [2.05, 4.69) is 15.6 Å². The molecule has 2 heterocycles. The van der Waals surface area contributed by atoms with Crippen molar-refractivity contribution < 1.29 is 19.5 Å². The molecule has 1 aliphatic carbocycles. The quantitative estimate of drug-likeness (QED) is 0.444. The van der Waals surface area contributed by atoms with E-state index in [1.807, 2.05) is 24.3 Å². The molecule has 2 amide bonds. The van der Waals surface area contributed by atoms with E-state index in [-0.39, 0.29) is 5.91 Å². The summed E-state index contributed by atoms with van der Waals surface area (Å²) in [6.45, 7) is 0. The number of aromatic nitrogens is 1. The fourth-order valence-corrected chi connectivity index (χ4v) is 5.04. The van der Waals surface area contributed by atoms with Crippen molar-refractivity contribution in [2.24, 2.45) is 0 Å². The Balaban J connectivity index is 1.56. The van der Waals surface area contributed by atoms with Crippen LogP contribution in [0.2, 0.25) is 9.36 Å². The van der Waals surface area contributed by atoms with E-state index in [1.54, 1.807) is 6.07 Å². The standard InChI is InChI=1S/C19H15Cl2N3O4S/c20-15-17-12(29-18(15)21)6-11(22-17)19(28)23-10-5-8-3-1-2-4-9(8)16(10)24-13(25)7-14(26)27/h1-4,6,10,16,22H,5,7H2,(H,23,28)(H,24,25)(H,26,27)/t10-,16-/m0/s1. The van der Waals surface area contributed by atoms with Crippen LogP contribution in [0.5, 0.6) is 0 Å². The summed E-state index contributed by atoms with van der Waals surface area (Å²) in [6.07, 6.45) is -0.118. The van der Waals surface area contributed by atoms with Crippen LogP contribution in [0.1, 0.15) is 34.1 Å². The number of fused-ring (bicyclic) bond motifs is 2. The van der Waals surface area contributed by atoms with Crippen LogP contribution < -0.4 is 10.6 Å². The first-order valence-corrected chi connectivity index (χ1v) is 10.3. The highest BCUT2D eigenvalue weighted by Crippen LogP contribution is 2.39. The fourth-order valence-electron chi connectivity index (χ4n) is 3.56. The Labute approximate surface area is 179 Å². The van der Waals surface area contributed by atoms with Crippen LogP contribution >= 0.6 is 34.5 Å². The first-order chi connectivity index (χ1) is 13.8. The van der Waals surface area contributed by atoms with Crippen LogP contribution in [0.3, 0.4) is 0 Å². The van der Waals surface area contributed by atoms with E-state index in [0.29, 0.717) is 27.0 Å². The Kier molecular flexibility index (Phi) is 5.24. The molecule has 7 nitrogen and oxygen atoms in total. The van der Waals surface area contributed by atoms with Crippen molar-refractivity contribution in [3.05, 3.63) is 56.5 Å². The summed E-state index contributed by atoms with van der Waals surface area (Å²) in [7, 11) is 0. The highest BCUT2D eigenvalue weighted by atomic mass is 35.5. The number of hydrogen-bond acceptors (Lipinski definition) is 4. The number of carbonyl (C=O) groups excluding carboxylic acids is 2. The molecule has 0 aliphatic heterocycles. The van der Waals surface area contributed by atoms with Gasteiger partial charge in [-0.3, -0.25) is 14.4 Å². The van der Waals surface area contributed by atoms with Gasteiger partial charge in [-0.1, -0.05) is 47.5 Å². The molecule has 10 heteroatoms. The molecule has 1 aliphatic rings. The summed E-state index contributed by atoms with van der Waals surface area (Å²) < 4.78 is 1.22. The Morgan fingerprint density at radius 2 is 1.97 bits per heavy atom. The van der Waals surface area contributed by atoms with E-state index in [1.165, 1.54) is 11.3 Å². The van der Waals surface area contributed by atoms with Crippen molar-refractivity contribution >= 4 is 62.5 Å². The minimum Gasteiger partial charge on any atom is -0.481 e. The zero-order valence-corrected chi connectivity index (χ0v) is 17.1. The van der Waals surface area contributed by atoms with Crippen molar-refractivity contribution in [3.8, 4) is 0 Å². The van der Waals surface area contributed by atoms with Crippen LogP contribution in [0.4, 0.5) is 0 Å². The lowest BCUT2D eigenvalue weighted by molar-refractivity contribution is -0.140. The summed E-state index contributed by atoms with van der Waals surface area (Å²) in [5, 5.41) is 14.9. The molecule has 0 saturated carbocycles. The number of nitrogens with one attached hydrogen (secondary N) is 3. The molecular weight excluding hydrogens is 437 g/mol. The Hall–Kier alpha value is -2.55. The monoisotopic (exact) mass is 451 g/mol. The van der Waals surface area contributed by atoms with Gasteiger partial charge in [0.15, 0.2) is 0 Å². The van der Waals surface area contributed by atoms with E-state index in [9.17, 15) is 14.4 Å². The van der Waals surface area contributed by atoms with E-state index in [4.69, 9.17) is 28.3 Å². The van der Waals surface area contributed by atoms with Crippen molar-refractivity contribution in [3.63, 3.8) is 0 Å². The molecule has 0 bridgehead atoms. The molecule has 0 saturated heterocycles. The number of amides is 2. The SMILES string of the molecule is O=C(O)CC(=O)N[C@H]1c2ccccc2C[C@@H]1NC(=O)c1cc2sc(Cl)c(Cl)c2[nH]1. The van der Waals surface area contributed by atoms with Crippen LogP contribution in [-0.4, -0.2) is 33.9 Å². The van der Waals surface area contributed by atoms with Gasteiger partial charge in [0.1, 0.15) is 16.5 Å². The van der Waals surface area contributed by atoms with Crippen molar-refractivity contribution in [2.45, 2.75) is 24.9 Å². The average molecular weight is 452 g/mol. The number of H-pyrrole nitrogens is 1. The van der Waals surface area contributed by atoms with E-state index < -0.39 is 30.4 Å². The third kappa shape index (κ3) is 3.83. The maximum atomic E-state index is 12.8. The third-order valence-electron chi connectivity index (χ3n) is 4.79. The maximum absolute atomic E-state index is 12.8. The highest BCUT2D eigenvalue weighted by molar-refractivity contribution is 7.23. The lowest BCUT2D eigenvalue weighted by atomic mass is 10.1. The van der Waals surface area contributed by atoms with Gasteiger partial charge in [-0.15, -0.1) is 11.3 Å². The number of halogens is 2. The summed E-state index contributed by atoms with van der Waals surface area (Å²) in [6, 6.07) is 8.24. The molecule has 0 spiro atoms. The second kappa shape index (κ2) is 7.70. The molecule has 0 radical (unpaired) electrons. The van der Waals surface area contributed by atoms with Gasteiger partial charge < -0.3 is 20.7 Å². The van der Waals surface area contributed by atoms with E-state index >= 15 is 0 Å². The average Bonchev–Trinajstić information content (AvgIpc) is 3.29. The molecule has 150 valence electrons. The number of thiophene rings is 1. The number of carboxylic acids is 1. The zero-order chi connectivity index (χ0) is 20.7. The van der Waals surface area contributed by atoms with E-state index in [0.717, 1.165) is 15.8 Å². The van der Waals surface area contributed by atoms with Gasteiger partial charge in [0.05, 0.1) is 27.3 Å². The number of carbonyl (C=O) groups is 3. The Morgan fingerprint density at radius 3 is 2.69 bits per heavy atom. The van der Waals surface area contributed by atoms with Crippen molar-refractivity contribution in [1.82, 2.24) is 15.6 Å². The molecule has 29 heavy (non-hydrogen) atoms. The number of aromatic amines is 1. The fraction of sp³-hybridized carbons (Fsp3) is 0.211. The lowest BCUT2D eigenvalue weighted by Crippen LogP contribution is -2.44. The van der Waals surface area contributed by atoms with Gasteiger partial charge >= 0.3 is 5.97 Å². The van der Waals surface area contributed by atoms with Crippen LogP contribution in [0, 0.1) is 0 Å². The largest absolute Gasteiger partial charge is 0.481 e. The summed E-state index contributed by atoms with van der Waals surface area (Å²) >= 11 is 13.4. The second-order valence-corrected chi connectivity index (χ2v) is 8.74. The molecule has 3 aromatic rings. The van der Waals surface area contributed by atoms with Crippen LogP contribution in [0.15, 0.2) is 30.3 Å².